The maximum atomic E-state index is 12.4. The summed E-state index contributed by atoms with van der Waals surface area (Å²) in [7, 11) is 0. The fourth-order valence-corrected chi connectivity index (χ4v) is 2.63. The molecule has 1 heterocycles. The van der Waals surface area contributed by atoms with Gasteiger partial charge < -0.3 is 10.3 Å². The Bertz CT molecular complexity index is 839. The van der Waals surface area contributed by atoms with Crippen molar-refractivity contribution in [2.45, 2.75) is 6.54 Å². The molecule has 0 saturated carbocycles. The van der Waals surface area contributed by atoms with Gasteiger partial charge in [0.25, 0.3) is 5.56 Å². The number of aromatic nitrogens is 1. The molecule has 2 aromatic carbocycles. The average Bonchev–Trinajstić information content (AvgIpc) is 2.45. The van der Waals surface area contributed by atoms with Crippen molar-refractivity contribution in [1.29, 1.82) is 0 Å². The van der Waals surface area contributed by atoms with Crippen LogP contribution in [0.1, 0.15) is 5.56 Å². The molecule has 0 spiro atoms. The van der Waals surface area contributed by atoms with Crippen LogP contribution in [0, 0.1) is 0 Å². The number of fused-ring (bicyclic) bond motifs is 1. The number of hydrogen-bond acceptors (Lipinski definition) is 2. The third-order valence-electron chi connectivity index (χ3n) is 3.33. The second-order valence-electron chi connectivity index (χ2n) is 4.68. The van der Waals surface area contributed by atoms with E-state index in [2.05, 4.69) is 15.9 Å². The van der Waals surface area contributed by atoms with Crippen LogP contribution in [0.25, 0.3) is 10.8 Å². The van der Waals surface area contributed by atoms with E-state index in [0.29, 0.717) is 12.2 Å². The Labute approximate surface area is 124 Å². The Morgan fingerprint density at radius 1 is 1.10 bits per heavy atom. The Morgan fingerprint density at radius 2 is 1.90 bits per heavy atom. The molecule has 3 nitrogen and oxygen atoms in total. The molecule has 1 aromatic heterocycles. The maximum Gasteiger partial charge on any atom is 0.258 e. The number of hydrogen-bond donors (Lipinski definition) is 1. The summed E-state index contributed by atoms with van der Waals surface area (Å²) in [5, 5.41) is 1.68. The highest BCUT2D eigenvalue weighted by Gasteiger charge is 2.05. The molecule has 0 atom stereocenters. The van der Waals surface area contributed by atoms with Crippen LogP contribution in [0.5, 0.6) is 0 Å². The summed E-state index contributed by atoms with van der Waals surface area (Å²) in [6, 6.07) is 15.3. The summed E-state index contributed by atoms with van der Waals surface area (Å²) < 4.78 is 2.62. The molecular weight excluding hydrogens is 316 g/mol. The molecule has 0 amide bonds. The average molecular weight is 329 g/mol. The minimum Gasteiger partial charge on any atom is -0.398 e. The number of halogens is 1. The van der Waals surface area contributed by atoms with Gasteiger partial charge in [0.1, 0.15) is 0 Å². The van der Waals surface area contributed by atoms with Crippen LogP contribution in [0.3, 0.4) is 0 Å². The molecule has 0 unspecified atom stereocenters. The SMILES string of the molecule is Nc1cc(Br)ccc1Cn1ccc2ccccc2c1=O. The van der Waals surface area contributed by atoms with E-state index in [0.717, 1.165) is 20.8 Å². The topological polar surface area (TPSA) is 48.0 Å². The molecule has 3 aromatic rings. The van der Waals surface area contributed by atoms with Gasteiger partial charge in [0.05, 0.1) is 6.54 Å². The van der Waals surface area contributed by atoms with E-state index in [1.807, 2.05) is 54.7 Å². The monoisotopic (exact) mass is 328 g/mol. The molecule has 0 fully saturated rings. The second kappa shape index (κ2) is 5.13. The van der Waals surface area contributed by atoms with E-state index in [4.69, 9.17) is 5.73 Å². The zero-order valence-corrected chi connectivity index (χ0v) is 12.3. The highest BCUT2D eigenvalue weighted by Crippen LogP contribution is 2.19. The predicted molar refractivity (Wildman–Crippen MR) is 85.9 cm³/mol. The van der Waals surface area contributed by atoms with Gasteiger partial charge in [-0.1, -0.05) is 40.2 Å². The lowest BCUT2D eigenvalue weighted by Gasteiger charge is -2.10. The third kappa shape index (κ3) is 2.34. The number of nitrogen functional groups attached to an aromatic ring is 1. The Morgan fingerprint density at radius 3 is 2.70 bits per heavy atom. The quantitative estimate of drug-likeness (QED) is 0.733. The molecule has 20 heavy (non-hydrogen) atoms. The van der Waals surface area contributed by atoms with Gasteiger partial charge in [0.2, 0.25) is 0 Å². The first-order chi connectivity index (χ1) is 9.65. The standard InChI is InChI=1S/C16H13BrN2O/c17-13-6-5-12(15(18)9-13)10-19-8-7-11-3-1-2-4-14(11)16(19)20/h1-9H,10,18H2. The zero-order chi connectivity index (χ0) is 14.1. The van der Waals surface area contributed by atoms with Gasteiger partial charge in [0, 0.05) is 21.7 Å². The first-order valence-corrected chi connectivity index (χ1v) is 7.06. The maximum absolute atomic E-state index is 12.4. The lowest BCUT2D eigenvalue weighted by molar-refractivity contribution is 0.769. The molecular formula is C16H13BrN2O. The number of anilines is 1. The number of nitrogens with two attached hydrogens (primary N) is 1. The van der Waals surface area contributed by atoms with Gasteiger partial charge in [0.15, 0.2) is 0 Å². The van der Waals surface area contributed by atoms with E-state index in [9.17, 15) is 4.79 Å². The molecule has 100 valence electrons. The van der Waals surface area contributed by atoms with Gasteiger partial charge in [-0.05, 0) is 35.2 Å². The highest BCUT2D eigenvalue weighted by molar-refractivity contribution is 9.10. The van der Waals surface area contributed by atoms with Crippen LogP contribution >= 0.6 is 15.9 Å². The molecule has 2 N–H and O–H groups in total. The third-order valence-corrected chi connectivity index (χ3v) is 3.83. The molecule has 0 saturated heterocycles. The van der Waals surface area contributed by atoms with Crippen LogP contribution in [-0.2, 0) is 6.54 Å². The van der Waals surface area contributed by atoms with E-state index in [-0.39, 0.29) is 5.56 Å². The minimum atomic E-state index is 0.00502. The minimum absolute atomic E-state index is 0.00502. The van der Waals surface area contributed by atoms with Gasteiger partial charge >= 0.3 is 0 Å². The number of benzene rings is 2. The van der Waals surface area contributed by atoms with Crippen molar-refractivity contribution < 1.29 is 0 Å². The van der Waals surface area contributed by atoms with Crippen molar-refractivity contribution in [3.63, 3.8) is 0 Å². The van der Waals surface area contributed by atoms with Crippen molar-refractivity contribution in [3.8, 4) is 0 Å². The molecule has 4 heteroatoms. The van der Waals surface area contributed by atoms with Crippen LogP contribution in [0.15, 0.2) is 64.0 Å². The molecule has 0 aliphatic heterocycles. The Balaban J connectivity index is 2.07. The summed E-state index contributed by atoms with van der Waals surface area (Å²) in [4.78, 5) is 12.4. The molecule has 0 radical (unpaired) electrons. The summed E-state index contributed by atoms with van der Waals surface area (Å²) in [5.41, 5.74) is 7.61. The van der Waals surface area contributed by atoms with Gasteiger partial charge in [-0.25, -0.2) is 0 Å². The van der Waals surface area contributed by atoms with Crippen LogP contribution in [-0.4, -0.2) is 4.57 Å². The van der Waals surface area contributed by atoms with Crippen LogP contribution in [0.4, 0.5) is 5.69 Å². The van der Waals surface area contributed by atoms with Gasteiger partial charge in [-0.2, -0.15) is 0 Å². The fraction of sp³-hybridized carbons (Fsp3) is 0.0625. The van der Waals surface area contributed by atoms with E-state index >= 15 is 0 Å². The number of rotatable bonds is 2. The fourth-order valence-electron chi connectivity index (χ4n) is 2.25. The smallest absolute Gasteiger partial charge is 0.258 e. The van der Waals surface area contributed by atoms with Crippen molar-refractivity contribution in [3.05, 3.63) is 75.1 Å². The van der Waals surface area contributed by atoms with E-state index in [1.54, 1.807) is 4.57 Å². The molecule has 0 aliphatic carbocycles. The largest absolute Gasteiger partial charge is 0.398 e. The predicted octanol–water partition coefficient (Wildman–Crippen LogP) is 3.39. The number of pyridine rings is 1. The summed E-state index contributed by atoms with van der Waals surface area (Å²) >= 11 is 3.38. The highest BCUT2D eigenvalue weighted by atomic mass is 79.9. The lowest BCUT2D eigenvalue weighted by Crippen LogP contribution is -2.20. The van der Waals surface area contributed by atoms with Crippen molar-refractivity contribution in [2.24, 2.45) is 0 Å². The van der Waals surface area contributed by atoms with Crippen molar-refractivity contribution >= 4 is 32.4 Å². The molecule has 0 aliphatic rings. The summed E-state index contributed by atoms with van der Waals surface area (Å²) in [6.45, 7) is 0.475. The van der Waals surface area contributed by atoms with Crippen molar-refractivity contribution in [2.75, 3.05) is 5.73 Å². The second-order valence-corrected chi connectivity index (χ2v) is 5.59. The van der Waals surface area contributed by atoms with Crippen molar-refractivity contribution in [1.82, 2.24) is 4.57 Å². The number of nitrogens with zero attached hydrogens (tertiary/aromatic N) is 1. The van der Waals surface area contributed by atoms with Crippen LogP contribution < -0.4 is 11.3 Å². The van der Waals surface area contributed by atoms with E-state index < -0.39 is 0 Å². The van der Waals surface area contributed by atoms with E-state index in [1.165, 1.54) is 0 Å². The van der Waals surface area contributed by atoms with Crippen LogP contribution in [0.2, 0.25) is 0 Å². The molecule has 3 rings (SSSR count). The zero-order valence-electron chi connectivity index (χ0n) is 10.7. The lowest BCUT2D eigenvalue weighted by atomic mass is 10.1. The Kier molecular flexibility index (Phi) is 3.32. The molecule has 0 bridgehead atoms. The normalized spacial score (nSPS) is 10.8. The first kappa shape index (κ1) is 12.9. The summed E-state index contributed by atoms with van der Waals surface area (Å²) in [6.07, 6.45) is 1.81. The van der Waals surface area contributed by atoms with Gasteiger partial charge in [-0.15, -0.1) is 0 Å². The summed E-state index contributed by atoms with van der Waals surface area (Å²) in [5.74, 6) is 0. The first-order valence-electron chi connectivity index (χ1n) is 6.27. The van der Waals surface area contributed by atoms with Gasteiger partial charge in [-0.3, -0.25) is 4.79 Å². The Hall–Kier alpha value is -2.07.